The van der Waals surface area contributed by atoms with Crippen molar-refractivity contribution in [2.75, 3.05) is 45.8 Å². The van der Waals surface area contributed by atoms with Gasteiger partial charge in [-0.1, -0.05) is 0 Å². The molecule has 2 fully saturated rings. The zero-order valence-corrected chi connectivity index (χ0v) is 14.7. The van der Waals surface area contributed by atoms with Crippen molar-refractivity contribution in [3.8, 4) is 0 Å². The Morgan fingerprint density at radius 3 is 2.13 bits per heavy atom. The van der Waals surface area contributed by atoms with Gasteiger partial charge in [-0.15, -0.1) is 0 Å². The average Bonchev–Trinajstić information content (AvgIpc) is 2.52. The van der Waals surface area contributed by atoms with Gasteiger partial charge in [0.15, 0.2) is 0 Å². The number of amides is 2. The van der Waals surface area contributed by atoms with Gasteiger partial charge in [-0.2, -0.15) is 0 Å². The predicted molar refractivity (Wildman–Crippen MR) is 89.0 cm³/mol. The molecule has 0 aromatic carbocycles. The first-order chi connectivity index (χ1) is 10.8. The highest BCUT2D eigenvalue weighted by Gasteiger charge is 2.26. The molecule has 6 heteroatoms. The van der Waals surface area contributed by atoms with Crippen LogP contribution in [0.3, 0.4) is 0 Å². The van der Waals surface area contributed by atoms with Crippen LogP contribution in [0.25, 0.3) is 0 Å². The minimum absolute atomic E-state index is 0.238. The summed E-state index contributed by atoms with van der Waals surface area (Å²) < 4.78 is 5.39. The number of carbonyl (C=O) groups is 2. The summed E-state index contributed by atoms with van der Waals surface area (Å²) in [6.07, 6.45) is 4.62. The first-order valence-corrected chi connectivity index (χ1v) is 8.65. The van der Waals surface area contributed by atoms with E-state index in [2.05, 4.69) is 11.3 Å². The van der Waals surface area contributed by atoms with E-state index in [0.29, 0.717) is 19.5 Å². The maximum absolute atomic E-state index is 12.2. The molecule has 2 amide bonds. The molecule has 1 radical (unpaired) electrons. The Kier molecular flexibility index (Phi) is 6.27. The van der Waals surface area contributed by atoms with Crippen molar-refractivity contribution >= 4 is 12.0 Å². The summed E-state index contributed by atoms with van der Waals surface area (Å²) in [5.74, 6) is 0.257. The normalized spacial score (nSPS) is 20.5. The summed E-state index contributed by atoms with van der Waals surface area (Å²) in [6, 6.07) is 0. The molecular weight excluding hydrogens is 294 g/mol. The highest BCUT2D eigenvalue weighted by molar-refractivity contribution is 5.76. The lowest BCUT2D eigenvalue weighted by molar-refractivity contribution is -0.132. The van der Waals surface area contributed by atoms with E-state index in [4.69, 9.17) is 4.74 Å². The van der Waals surface area contributed by atoms with Crippen LogP contribution in [-0.4, -0.2) is 78.1 Å². The number of piperidine rings is 1. The summed E-state index contributed by atoms with van der Waals surface area (Å²) in [7, 11) is 0. The quantitative estimate of drug-likeness (QED) is 0.794. The maximum atomic E-state index is 12.2. The molecule has 2 aliphatic heterocycles. The van der Waals surface area contributed by atoms with Crippen LogP contribution in [0, 0.1) is 6.42 Å². The second-order valence-electron chi connectivity index (χ2n) is 7.31. The van der Waals surface area contributed by atoms with E-state index in [0.717, 1.165) is 45.6 Å². The van der Waals surface area contributed by atoms with Crippen LogP contribution in [0.5, 0.6) is 0 Å². The maximum Gasteiger partial charge on any atom is 0.410 e. The Labute approximate surface area is 139 Å². The molecular formula is C17H30N3O3. The van der Waals surface area contributed by atoms with Crippen molar-refractivity contribution in [3.63, 3.8) is 0 Å². The molecule has 2 saturated heterocycles. The van der Waals surface area contributed by atoms with Crippen LogP contribution in [0.4, 0.5) is 4.79 Å². The zero-order valence-electron chi connectivity index (χ0n) is 14.7. The molecule has 0 bridgehead atoms. The van der Waals surface area contributed by atoms with E-state index in [1.54, 1.807) is 4.90 Å². The Hall–Kier alpha value is -1.30. The molecule has 0 unspecified atom stereocenters. The van der Waals surface area contributed by atoms with Gasteiger partial charge < -0.3 is 14.5 Å². The summed E-state index contributed by atoms with van der Waals surface area (Å²) in [5, 5.41) is 0. The van der Waals surface area contributed by atoms with Gasteiger partial charge in [0.05, 0.1) is 0 Å². The Balaban J connectivity index is 1.66. The standard InChI is InChI=1S/C17H30N3O3/c1-17(2,3)23-16(22)20-13-11-18(12-14-20)10-7-15(21)19-8-5-4-6-9-19/h4H,5-14H2,1-3H3. The lowest BCUT2D eigenvalue weighted by Crippen LogP contribution is -2.50. The topological polar surface area (TPSA) is 53.1 Å². The lowest BCUT2D eigenvalue weighted by Gasteiger charge is -2.36. The SMILES string of the molecule is CC(C)(C)OC(=O)N1CCN(CCC(=O)N2CC[CH]CC2)CC1. The summed E-state index contributed by atoms with van der Waals surface area (Å²) >= 11 is 0. The van der Waals surface area contributed by atoms with Gasteiger partial charge in [0.2, 0.25) is 5.91 Å². The number of nitrogens with zero attached hydrogens (tertiary/aromatic N) is 3. The summed E-state index contributed by atoms with van der Waals surface area (Å²) in [6.45, 7) is 11.1. The van der Waals surface area contributed by atoms with Gasteiger partial charge >= 0.3 is 6.09 Å². The molecule has 6 nitrogen and oxygen atoms in total. The fraction of sp³-hybridized carbons (Fsp3) is 0.824. The third-order valence-corrected chi connectivity index (χ3v) is 4.22. The number of hydrogen-bond donors (Lipinski definition) is 0. The number of hydrogen-bond acceptors (Lipinski definition) is 4. The average molecular weight is 324 g/mol. The first-order valence-electron chi connectivity index (χ1n) is 8.65. The molecule has 23 heavy (non-hydrogen) atoms. The molecule has 0 saturated carbocycles. The predicted octanol–water partition coefficient (Wildman–Crippen LogP) is 1.76. The van der Waals surface area contributed by atoms with Crippen LogP contribution in [-0.2, 0) is 9.53 Å². The Morgan fingerprint density at radius 1 is 0.957 bits per heavy atom. The second kappa shape index (κ2) is 7.99. The molecule has 131 valence electrons. The number of carbonyl (C=O) groups excluding carboxylic acids is 2. The van der Waals surface area contributed by atoms with Crippen LogP contribution in [0.1, 0.15) is 40.0 Å². The Bertz CT molecular complexity index is 406. The summed E-state index contributed by atoms with van der Waals surface area (Å²) in [4.78, 5) is 30.2. The molecule has 0 atom stereocenters. The van der Waals surface area contributed by atoms with Crippen molar-refractivity contribution < 1.29 is 14.3 Å². The van der Waals surface area contributed by atoms with Crippen molar-refractivity contribution in [2.45, 2.75) is 45.6 Å². The van der Waals surface area contributed by atoms with Crippen molar-refractivity contribution in [3.05, 3.63) is 6.42 Å². The monoisotopic (exact) mass is 324 g/mol. The lowest BCUT2D eigenvalue weighted by atomic mass is 10.1. The molecule has 2 heterocycles. The molecule has 2 aliphatic rings. The number of ether oxygens (including phenoxy) is 1. The highest BCUT2D eigenvalue weighted by atomic mass is 16.6. The molecule has 0 N–H and O–H groups in total. The van der Waals surface area contributed by atoms with E-state index < -0.39 is 5.60 Å². The van der Waals surface area contributed by atoms with Gasteiger partial charge in [-0.3, -0.25) is 9.69 Å². The minimum atomic E-state index is -0.452. The van der Waals surface area contributed by atoms with Gasteiger partial charge in [0.1, 0.15) is 5.60 Å². The van der Waals surface area contributed by atoms with Crippen LogP contribution < -0.4 is 0 Å². The third-order valence-electron chi connectivity index (χ3n) is 4.22. The molecule has 0 spiro atoms. The Morgan fingerprint density at radius 2 is 1.57 bits per heavy atom. The highest BCUT2D eigenvalue weighted by Crippen LogP contribution is 2.13. The fourth-order valence-corrected chi connectivity index (χ4v) is 2.89. The number of piperazine rings is 1. The van der Waals surface area contributed by atoms with Gasteiger partial charge in [-0.25, -0.2) is 4.79 Å². The fourth-order valence-electron chi connectivity index (χ4n) is 2.89. The third kappa shape index (κ3) is 6.01. The number of likely N-dealkylation sites (tertiary alicyclic amines) is 1. The first kappa shape index (κ1) is 18.0. The van der Waals surface area contributed by atoms with Gasteiger partial charge in [-0.05, 0) is 40.0 Å². The molecule has 0 aromatic rings. The molecule has 2 rings (SSSR count). The van der Waals surface area contributed by atoms with E-state index in [-0.39, 0.29) is 12.0 Å². The van der Waals surface area contributed by atoms with Crippen molar-refractivity contribution in [1.29, 1.82) is 0 Å². The molecule has 0 aliphatic carbocycles. The summed E-state index contributed by atoms with van der Waals surface area (Å²) in [5.41, 5.74) is -0.452. The van der Waals surface area contributed by atoms with Crippen molar-refractivity contribution in [2.24, 2.45) is 0 Å². The van der Waals surface area contributed by atoms with Crippen LogP contribution in [0.2, 0.25) is 0 Å². The largest absolute Gasteiger partial charge is 0.444 e. The molecule has 0 aromatic heterocycles. The van der Waals surface area contributed by atoms with Gasteiger partial charge in [0, 0.05) is 52.2 Å². The van der Waals surface area contributed by atoms with Crippen LogP contribution >= 0.6 is 0 Å². The van der Waals surface area contributed by atoms with E-state index in [9.17, 15) is 9.59 Å². The second-order valence-corrected chi connectivity index (χ2v) is 7.31. The van der Waals surface area contributed by atoms with Crippen molar-refractivity contribution in [1.82, 2.24) is 14.7 Å². The van der Waals surface area contributed by atoms with E-state index >= 15 is 0 Å². The number of rotatable bonds is 3. The van der Waals surface area contributed by atoms with E-state index in [1.165, 1.54) is 0 Å². The smallest absolute Gasteiger partial charge is 0.410 e. The zero-order chi connectivity index (χ0) is 16.9. The minimum Gasteiger partial charge on any atom is -0.444 e. The van der Waals surface area contributed by atoms with Gasteiger partial charge in [0.25, 0.3) is 0 Å². The van der Waals surface area contributed by atoms with Crippen LogP contribution in [0.15, 0.2) is 0 Å². The van der Waals surface area contributed by atoms with E-state index in [1.807, 2.05) is 25.7 Å².